The summed E-state index contributed by atoms with van der Waals surface area (Å²) in [6.45, 7) is -0.268. The molecule has 0 aromatic heterocycles. The number of halogens is 3. The summed E-state index contributed by atoms with van der Waals surface area (Å²) >= 11 is 0. The van der Waals surface area contributed by atoms with Gasteiger partial charge < -0.3 is 5.11 Å². The third kappa shape index (κ3) is 2.36. The number of benzene rings is 1. The normalized spacial score (nSPS) is 11.7. The van der Waals surface area contributed by atoms with Crippen molar-refractivity contribution in [3.8, 4) is 5.75 Å². The quantitative estimate of drug-likeness (QED) is 0.727. The second-order valence-corrected chi connectivity index (χ2v) is 2.65. The van der Waals surface area contributed by atoms with Crippen LogP contribution in [-0.4, -0.2) is 5.11 Å². The topological polar surface area (TPSA) is 55.5 Å². The lowest BCUT2D eigenvalue weighted by molar-refractivity contribution is -0.137. The maximum atomic E-state index is 12.2. The van der Waals surface area contributed by atoms with Crippen LogP contribution >= 0.6 is 0 Å². The Labute approximate surface area is 77.9 Å². The number of aromatic hydroxyl groups is 1. The van der Waals surface area contributed by atoms with Crippen molar-refractivity contribution in [2.24, 2.45) is 5.90 Å². The number of phenolic OH excluding ortho intramolecular Hbond substituents is 1. The second kappa shape index (κ2) is 3.85. The lowest BCUT2D eigenvalue weighted by atomic mass is 10.1. The zero-order valence-corrected chi connectivity index (χ0v) is 7.01. The fourth-order valence-corrected chi connectivity index (χ4v) is 0.967. The van der Waals surface area contributed by atoms with Gasteiger partial charge in [0.15, 0.2) is 0 Å². The second-order valence-electron chi connectivity index (χ2n) is 2.65. The lowest BCUT2D eigenvalue weighted by Gasteiger charge is -2.09. The van der Waals surface area contributed by atoms with E-state index in [0.717, 1.165) is 18.2 Å². The first-order valence-electron chi connectivity index (χ1n) is 3.66. The molecule has 3 nitrogen and oxygen atoms in total. The average Bonchev–Trinajstić information content (AvgIpc) is 2.07. The van der Waals surface area contributed by atoms with Gasteiger partial charge >= 0.3 is 6.18 Å². The van der Waals surface area contributed by atoms with Gasteiger partial charge in [0, 0.05) is 5.56 Å². The Bertz CT molecular complexity index is 325. The smallest absolute Gasteiger partial charge is 0.416 e. The number of rotatable bonds is 2. The lowest BCUT2D eigenvalue weighted by Crippen LogP contribution is -2.06. The van der Waals surface area contributed by atoms with Crippen LogP contribution in [0.2, 0.25) is 0 Å². The van der Waals surface area contributed by atoms with Gasteiger partial charge in [0.25, 0.3) is 0 Å². The Morgan fingerprint density at radius 3 is 2.50 bits per heavy atom. The van der Waals surface area contributed by atoms with Gasteiger partial charge in [-0.05, 0) is 18.2 Å². The van der Waals surface area contributed by atoms with Crippen LogP contribution in [0.3, 0.4) is 0 Å². The first-order chi connectivity index (χ1) is 6.45. The van der Waals surface area contributed by atoms with Gasteiger partial charge in [-0.15, -0.1) is 0 Å². The molecule has 1 aromatic rings. The third-order valence-electron chi connectivity index (χ3n) is 1.65. The molecule has 1 aromatic carbocycles. The highest BCUT2D eigenvalue weighted by molar-refractivity contribution is 5.36. The highest BCUT2D eigenvalue weighted by atomic mass is 19.4. The molecule has 6 heteroatoms. The molecule has 0 atom stereocenters. The van der Waals surface area contributed by atoms with E-state index in [2.05, 4.69) is 4.84 Å². The van der Waals surface area contributed by atoms with E-state index in [1.165, 1.54) is 0 Å². The molecule has 0 saturated heterocycles. The molecule has 0 amide bonds. The molecule has 3 N–H and O–H groups in total. The summed E-state index contributed by atoms with van der Waals surface area (Å²) in [4.78, 5) is 4.15. The minimum absolute atomic E-state index is 0.00215. The molecule has 0 aliphatic rings. The summed E-state index contributed by atoms with van der Waals surface area (Å²) in [6, 6.07) is 2.54. The highest BCUT2D eigenvalue weighted by Crippen LogP contribution is 2.32. The Morgan fingerprint density at radius 2 is 2.00 bits per heavy atom. The minimum Gasteiger partial charge on any atom is -0.508 e. The molecule has 0 aliphatic carbocycles. The largest absolute Gasteiger partial charge is 0.508 e. The molecule has 0 spiro atoms. The molecular formula is C8H8F3NO2. The van der Waals surface area contributed by atoms with Crippen molar-refractivity contribution in [1.82, 2.24) is 0 Å². The molecule has 0 heterocycles. The van der Waals surface area contributed by atoms with Crippen molar-refractivity contribution in [3.63, 3.8) is 0 Å². The fraction of sp³-hybridized carbons (Fsp3) is 0.250. The fourth-order valence-electron chi connectivity index (χ4n) is 0.967. The first-order valence-corrected chi connectivity index (χ1v) is 3.66. The Kier molecular flexibility index (Phi) is 2.97. The maximum absolute atomic E-state index is 12.2. The standard InChI is InChI=1S/C8H8F3NO2/c9-8(10,11)6-1-2-7(13)5(3-6)4-14-12/h1-3,13H,4,12H2. The molecule has 0 radical (unpaired) electrons. The van der Waals surface area contributed by atoms with Crippen molar-refractivity contribution in [3.05, 3.63) is 29.3 Å². The predicted molar refractivity (Wildman–Crippen MR) is 42.1 cm³/mol. The average molecular weight is 207 g/mol. The molecule has 0 saturated carbocycles. The SMILES string of the molecule is NOCc1cc(C(F)(F)F)ccc1O. The van der Waals surface area contributed by atoms with Crippen LogP contribution < -0.4 is 5.90 Å². The van der Waals surface area contributed by atoms with Gasteiger partial charge in [-0.25, -0.2) is 5.90 Å². The van der Waals surface area contributed by atoms with Gasteiger partial charge in [-0.1, -0.05) is 0 Å². The Morgan fingerprint density at radius 1 is 1.36 bits per heavy atom. The van der Waals surface area contributed by atoms with E-state index in [9.17, 15) is 13.2 Å². The molecule has 0 bridgehead atoms. The summed E-state index contributed by atoms with van der Waals surface area (Å²) in [5, 5.41) is 9.13. The summed E-state index contributed by atoms with van der Waals surface area (Å²) < 4.78 is 36.6. The van der Waals surface area contributed by atoms with Crippen LogP contribution in [0.15, 0.2) is 18.2 Å². The minimum atomic E-state index is -4.43. The number of hydrogen-bond donors (Lipinski definition) is 2. The molecular weight excluding hydrogens is 199 g/mol. The van der Waals surface area contributed by atoms with E-state index >= 15 is 0 Å². The molecule has 0 aliphatic heterocycles. The van der Waals surface area contributed by atoms with Gasteiger partial charge in [0.2, 0.25) is 0 Å². The van der Waals surface area contributed by atoms with Crippen LogP contribution in [0.5, 0.6) is 5.75 Å². The van der Waals surface area contributed by atoms with Gasteiger partial charge in [0.1, 0.15) is 5.75 Å². The van der Waals surface area contributed by atoms with Crippen LogP contribution in [0, 0.1) is 0 Å². The zero-order chi connectivity index (χ0) is 10.8. The van der Waals surface area contributed by atoms with E-state index < -0.39 is 11.7 Å². The first kappa shape index (κ1) is 10.8. The molecule has 0 unspecified atom stereocenters. The number of nitrogens with two attached hydrogens (primary N) is 1. The van der Waals surface area contributed by atoms with E-state index in [-0.39, 0.29) is 17.9 Å². The monoisotopic (exact) mass is 207 g/mol. The van der Waals surface area contributed by atoms with Crippen LogP contribution in [0.1, 0.15) is 11.1 Å². The summed E-state index contributed by atoms with van der Waals surface area (Å²) in [6.07, 6.45) is -4.43. The van der Waals surface area contributed by atoms with Crippen molar-refractivity contribution in [1.29, 1.82) is 0 Å². The number of alkyl halides is 3. The highest BCUT2D eigenvalue weighted by Gasteiger charge is 2.30. The molecule has 78 valence electrons. The number of hydrogen-bond acceptors (Lipinski definition) is 3. The molecule has 14 heavy (non-hydrogen) atoms. The zero-order valence-electron chi connectivity index (χ0n) is 7.01. The molecule has 0 fully saturated rings. The van der Waals surface area contributed by atoms with Crippen LogP contribution in [0.4, 0.5) is 13.2 Å². The van der Waals surface area contributed by atoms with Crippen molar-refractivity contribution < 1.29 is 23.1 Å². The van der Waals surface area contributed by atoms with E-state index in [1.807, 2.05) is 0 Å². The third-order valence-corrected chi connectivity index (χ3v) is 1.65. The van der Waals surface area contributed by atoms with E-state index in [1.54, 1.807) is 0 Å². The van der Waals surface area contributed by atoms with E-state index in [4.69, 9.17) is 11.0 Å². The van der Waals surface area contributed by atoms with E-state index in [0.29, 0.717) is 0 Å². The van der Waals surface area contributed by atoms with Gasteiger partial charge in [-0.2, -0.15) is 13.2 Å². The summed E-state index contributed by atoms with van der Waals surface area (Å²) in [5.74, 6) is 4.42. The Balaban J connectivity index is 3.06. The predicted octanol–water partition coefficient (Wildman–Crippen LogP) is 1.80. The summed E-state index contributed by atoms with van der Waals surface area (Å²) in [5.41, 5.74) is -0.843. The van der Waals surface area contributed by atoms with Crippen molar-refractivity contribution in [2.75, 3.05) is 0 Å². The summed E-state index contributed by atoms with van der Waals surface area (Å²) in [7, 11) is 0. The number of phenols is 1. The van der Waals surface area contributed by atoms with Crippen molar-refractivity contribution in [2.45, 2.75) is 12.8 Å². The van der Waals surface area contributed by atoms with Gasteiger partial charge in [-0.3, -0.25) is 4.84 Å². The van der Waals surface area contributed by atoms with Crippen LogP contribution in [0.25, 0.3) is 0 Å². The maximum Gasteiger partial charge on any atom is 0.416 e. The van der Waals surface area contributed by atoms with Gasteiger partial charge in [0.05, 0.1) is 12.2 Å². The van der Waals surface area contributed by atoms with Crippen LogP contribution in [-0.2, 0) is 17.6 Å². The van der Waals surface area contributed by atoms with Crippen molar-refractivity contribution >= 4 is 0 Å². The Hall–Kier alpha value is -1.27. The molecule has 1 rings (SSSR count).